The SMILES string of the molecule is COc1ccc(Br)cc1-c1nc(COC(=O)/C=C/c2cccc3cccnc23)cs1. The van der Waals surface area contributed by atoms with Crippen LogP contribution in [0.15, 0.2) is 70.7 Å². The zero-order valence-corrected chi connectivity index (χ0v) is 18.4. The summed E-state index contributed by atoms with van der Waals surface area (Å²) in [7, 11) is 1.63. The van der Waals surface area contributed by atoms with Crippen LogP contribution in [0.5, 0.6) is 5.75 Å². The smallest absolute Gasteiger partial charge is 0.331 e. The predicted octanol–water partition coefficient (Wildman–Crippen LogP) is 5.89. The number of methoxy groups -OCH3 is 1. The lowest BCUT2D eigenvalue weighted by molar-refractivity contribution is -0.139. The van der Waals surface area contributed by atoms with E-state index in [1.54, 1.807) is 19.4 Å². The molecule has 0 saturated carbocycles. The molecule has 2 aromatic heterocycles. The quantitative estimate of drug-likeness (QED) is 0.254. The van der Waals surface area contributed by atoms with E-state index in [0.29, 0.717) is 5.69 Å². The van der Waals surface area contributed by atoms with Crippen LogP contribution in [0.1, 0.15) is 11.3 Å². The van der Waals surface area contributed by atoms with E-state index in [2.05, 4.69) is 25.9 Å². The van der Waals surface area contributed by atoms with Gasteiger partial charge in [-0.05, 0) is 30.3 Å². The van der Waals surface area contributed by atoms with E-state index in [0.717, 1.165) is 37.3 Å². The van der Waals surface area contributed by atoms with Crippen LogP contribution < -0.4 is 4.74 Å². The van der Waals surface area contributed by atoms with Gasteiger partial charge in [0, 0.05) is 33.1 Å². The molecule has 0 radical (unpaired) electrons. The van der Waals surface area contributed by atoms with Gasteiger partial charge in [0.1, 0.15) is 17.4 Å². The normalized spacial score (nSPS) is 11.1. The molecule has 0 aliphatic rings. The van der Waals surface area contributed by atoms with Crippen LogP contribution in [0.3, 0.4) is 0 Å². The number of rotatable bonds is 6. The van der Waals surface area contributed by atoms with E-state index in [9.17, 15) is 4.79 Å². The van der Waals surface area contributed by atoms with Crippen LogP contribution >= 0.6 is 27.3 Å². The topological polar surface area (TPSA) is 61.3 Å². The second kappa shape index (κ2) is 9.19. The molecule has 4 rings (SSSR count). The fraction of sp³-hybridized carbons (Fsp3) is 0.0870. The van der Waals surface area contributed by atoms with E-state index < -0.39 is 5.97 Å². The maximum atomic E-state index is 12.2. The maximum absolute atomic E-state index is 12.2. The number of halogens is 1. The van der Waals surface area contributed by atoms with Crippen LogP contribution in [-0.2, 0) is 16.1 Å². The molecule has 7 heteroatoms. The lowest BCUT2D eigenvalue weighted by Gasteiger charge is -2.06. The molecule has 0 aliphatic heterocycles. The van der Waals surface area contributed by atoms with Crippen molar-refractivity contribution >= 4 is 50.2 Å². The summed E-state index contributed by atoms with van der Waals surface area (Å²) in [4.78, 5) is 21.1. The summed E-state index contributed by atoms with van der Waals surface area (Å²) in [6.45, 7) is 0.101. The zero-order valence-electron chi connectivity index (χ0n) is 16.0. The lowest BCUT2D eigenvalue weighted by Crippen LogP contribution is -2.01. The third kappa shape index (κ3) is 4.58. The highest BCUT2D eigenvalue weighted by molar-refractivity contribution is 9.10. The van der Waals surface area contributed by atoms with Crippen molar-refractivity contribution < 1.29 is 14.3 Å². The Bertz CT molecular complexity index is 1230. The molecule has 0 bridgehead atoms. The number of nitrogens with zero attached hydrogens (tertiary/aromatic N) is 2. The predicted molar refractivity (Wildman–Crippen MR) is 122 cm³/mol. The van der Waals surface area contributed by atoms with Crippen LogP contribution in [0.2, 0.25) is 0 Å². The number of hydrogen-bond acceptors (Lipinski definition) is 6. The number of aromatic nitrogens is 2. The van der Waals surface area contributed by atoms with E-state index in [1.807, 2.05) is 53.9 Å². The lowest BCUT2D eigenvalue weighted by atomic mass is 10.1. The Balaban J connectivity index is 1.43. The van der Waals surface area contributed by atoms with Gasteiger partial charge >= 0.3 is 5.97 Å². The first-order valence-electron chi connectivity index (χ1n) is 9.11. The molecular formula is C23H17BrN2O3S. The number of ether oxygens (including phenoxy) is 2. The molecule has 5 nitrogen and oxygen atoms in total. The fourth-order valence-electron chi connectivity index (χ4n) is 2.96. The van der Waals surface area contributed by atoms with Crippen molar-refractivity contribution in [3.63, 3.8) is 0 Å². The first kappa shape index (κ1) is 20.3. The van der Waals surface area contributed by atoms with Crippen LogP contribution in [0, 0.1) is 0 Å². The highest BCUT2D eigenvalue weighted by Gasteiger charge is 2.12. The fourth-order valence-corrected chi connectivity index (χ4v) is 4.14. The van der Waals surface area contributed by atoms with Crippen molar-refractivity contribution in [3.05, 3.63) is 81.9 Å². The van der Waals surface area contributed by atoms with Crippen molar-refractivity contribution in [1.29, 1.82) is 0 Å². The average molecular weight is 481 g/mol. The third-order valence-electron chi connectivity index (χ3n) is 4.37. The highest BCUT2D eigenvalue weighted by Crippen LogP contribution is 2.34. The molecule has 2 aromatic carbocycles. The van der Waals surface area contributed by atoms with Crippen LogP contribution in [0.4, 0.5) is 0 Å². The number of benzene rings is 2. The first-order valence-corrected chi connectivity index (χ1v) is 10.8. The van der Waals surface area contributed by atoms with Gasteiger partial charge in [0.25, 0.3) is 0 Å². The van der Waals surface area contributed by atoms with Gasteiger partial charge in [-0.25, -0.2) is 9.78 Å². The summed E-state index contributed by atoms with van der Waals surface area (Å²) < 4.78 is 11.7. The minimum atomic E-state index is -0.433. The Morgan fingerprint density at radius 3 is 2.93 bits per heavy atom. The van der Waals surface area contributed by atoms with E-state index >= 15 is 0 Å². The summed E-state index contributed by atoms with van der Waals surface area (Å²) in [5.74, 6) is 0.306. The van der Waals surface area contributed by atoms with E-state index in [-0.39, 0.29) is 6.61 Å². The van der Waals surface area contributed by atoms with Gasteiger partial charge in [-0.1, -0.05) is 40.2 Å². The largest absolute Gasteiger partial charge is 0.496 e. The van der Waals surface area contributed by atoms with Crippen molar-refractivity contribution in [3.8, 4) is 16.3 Å². The van der Waals surface area contributed by atoms with Gasteiger partial charge in [-0.2, -0.15) is 0 Å². The summed E-state index contributed by atoms with van der Waals surface area (Å²) in [6, 6.07) is 15.4. The van der Waals surface area contributed by atoms with Gasteiger partial charge in [0.2, 0.25) is 0 Å². The number of fused-ring (bicyclic) bond motifs is 1. The monoisotopic (exact) mass is 480 g/mol. The van der Waals surface area contributed by atoms with Crippen molar-refractivity contribution in [2.75, 3.05) is 7.11 Å². The molecule has 4 aromatic rings. The Morgan fingerprint density at radius 1 is 1.20 bits per heavy atom. The number of para-hydroxylation sites is 1. The van der Waals surface area contributed by atoms with E-state index in [1.165, 1.54) is 17.4 Å². The second-order valence-corrected chi connectivity index (χ2v) is 8.13. The Morgan fingerprint density at radius 2 is 2.07 bits per heavy atom. The molecule has 0 saturated heterocycles. The Hall–Kier alpha value is -3.03. The zero-order chi connectivity index (χ0) is 20.9. The Kier molecular flexibility index (Phi) is 6.21. The van der Waals surface area contributed by atoms with Crippen LogP contribution in [-0.4, -0.2) is 23.0 Å². The number of carbonyl (C=O) groups excluding carboxylic acids is 1. The summed E-state index contributed by atoms with van der Waals surface area (Å²) in [5, 5.41) is 3.70. The molecule has 0 N–H and O–H groups in total. The van der Waals surface area contributed by atoms with Gasteiger partial charge in [-0.15, -0.1) is 11.3 Å². The summed E-state index contributed by atoms with van der Waals surface area (Å²) in [6.07, 6.45) is 4.86. The molecule has 0 unspecified atom stereocenters. The molecule has 0 atom stereocenters. The maximum Gasteiger partial charge on any atom is 0.331 e. The van der Waals surface area contributed by atoms with Gasteiger partial charge in [-0.3, -0.25) is 4.98 Å². The molecule has 0 aliphatic carbocycles. The van der Waals surface area contributed by atoms with Gasteiger partial charge < -0.3 is 9.47 Å². The molecule has 30 heavy (non-hydrogen) atoms. The number of pyridine rings is 1. The van der Waals surface area contributed by atoms with Gasteiger partial charge in [0.05, 0.1) is 23.9 Å². The molecule has 2 heterocycles. The summed E-state index contributed by atoms with van der Waals surface area (Å²) >= 11 is 4.95. The highest BCUT2D eigenvalue weighted by atomic mass is 79.9. The number of esters is 1. The van der Waals surface area contributed by atoms with Crippen molar-refractivity contribution in [1.82, 2.24) is 9.97 Å². The standard InChI is InChI=1S/C23H17BrN2O3S/c1-28-20-9-8-17(24)12-19(20)23-26-18(14-30-23)13-29-21(27)10-7-16-5-2-4-15-6-3-11-25-22(15)16/h2-12,14H,13H2,1H3/b10-7+. The number of carbonyl (C=O) groups is 1. The molecule has 0 amide bonds. The Labute approximate surface area is 186 Å². The van der Waals surface area contributed by atoms with Crippen molar-refractivity contribution in [2.24, 2.45) is 0 Å². The summed E-state index contributed by atoms with van der Waals surface area (Å²) in [5.41, 5.74) is 3.28. The average Bonchev–Trinajstić information content (AvgIpc) is 3.25. The minimum Gasteiger partial charge on any atom is -0.496 e. The molecule has 0 fully saturated rings. The second-order valence-electron chi connectivity index (χ2n) is 6.35. The van der Waals surface area contributed by atoms with Gasteiger partial charge in [0.15, 0.2) is 0 Å². The number of thiazole rings is 1. The molecule has 150 valence electrons. The molecule has 0 spiro atoms. The van der Waals surface area contributed by atoms with E-state index in [4.69, 9.17) is 9.47 Å². The van der Waals surface area contributed by atoms with Crippen molar-refractivity contribution in [2.45, 2.75) is 6.61 Å². The first-order chi connectivity index (χ1) is 14.6. The number of hydrogen-bond donors (Lipinski definition) is 0. The minimum absolute atomic E-state index is 0.101. The third-order valence-corrected chi connectivity index (χ3v) is 5.79. The van der Waals surface area contributed by atoms with Crippen LogP contribution in [0.25, 0.3) is 27.6 Å². The molecular weight excluding hydrogens is 464 g/mol.